The van der Waals surface area contributed by atoms with E-state index in [9.17, 15) is 0 Å². The number of thiophene rings is 1. The Labute approximate surface area is 266 Å². The summed E-state index contributed by atoms with van der Waals surface area (Å²) in [4.78, 5) is 10.5. The Hall–Kier alpha value is -5.84. The molecule has 0 bridgehead atoms. The maximum absolute atomic E-state index is 5.31. The second-order valence-electron chi connectivity index (χ2n) is 12.1. The Morgan fingerprint density at radius 1 is 0.457 bits per heavy atom. The van der Waals surface area contributed by atoms with Crippen LogP contribution >= 0.6 is 11.3 Å². The van der Waals surface area contributed by atoms with E-state index in [1.807, 2.05) is 11.3 Å². The molecule has 0 atom stereocenters. The molecule has 4 heteroatoms. The summed E-state index contributed by atoms with van der Waals surface area (Å²) in [5, 5.41) is 11.2. The quantitative estimate of drug-likeness (QED) is 0.197. The number of nitrogens with zero attached hydrogens (tertiary/aromatic N) is 3. The van der Waals surface area contributed by atoms with Gasteiger partial charge in [0.05, 0.1) is 27.8 Å². The van der Waals surface area contributed by atoms with Crippen molar-refractivity contribution in [1.29, 1.82) is 0 Å². The third kappa shape index (κ3) is 3.11. The highest BCUT2D eigenvalue weighted by Crippen LogP contribution is 2.47. The summed E-state index contributed by atoms with van der Waals surface area (Å²) in [5.41, 5.74) is 7.77. The van der Waals surface area contributed by atoms with Crippen LogP contribution in [0.1, 0.15) is 0 Å². The lowest BCUT2D eigenvalue weighted by Crippen LogP contribution is -1.96. The van der Waals surface area contributed by atoms with Crippen LogP contribution in [0.2, 0.25) is 0 Å². The van der Waals surface area contributed by atoms with Gasteiger partial charge in [0.15, 0.2) is 5.82 Å². The van der Waals surface area contributed by atoms with Crippen LogP contribution < -0.4 is 0 Å². The van der Waals surface area contributed by atoms with Gasteiger partial charge in [0.1, 0.15) is 0 Å². The molecule has 0 aliphatic heterocycles. The van der Waals surface area contributed by atoms with E-state index in [0.29, 0.717) is 0 Å². The molecule has 3 nitrogen and oxygen atoms in total. The third-order valence-corrected chi connectivity index (χ3v) is 10.8. The van der Waals surface area contributed by atoms with Crippen molar-refractivity contribution in [1.82, 2.24) is 14.4 Å². The molecule has 0 unspecified atom stereocenters. The molecule has 212 valence electrons. The van der Waals surface area contributed by atoms with E-state index in [-0.39, 0.29) is 0 Å². The van der Waals surface area contributed by atoms with Crippen molar-refractivity contribution >= 4 is 91.3 Å². The van der Waals surface area contributed by atoms with E-state index in [0.717, 1.165) is 38.9 Å². The molecule has 4 heterocycles. The first kappa shape index (κ1) is 24.5. The minimum Gasteiger partial charge on any atom is -0.308 e. The van der Waals surface area contributed by atoms with Crippen LogP contribution in [0.25, 0.3) is 103 Å². The van der Waals surface area contributed by atoms with E-state index in [2.05, 4.69) is 144 Å². The minimum atomic E-state index is 0.742. The normalized spacial score (nSPS) is 12.3. The van der Waals surface area contributed by atoms with Crippen LogP contribution in [0.5, 0.6) is 0 Å². The zero-order valence-corrected chi connectivity index (χ0v) is 25.3. The lowest BCUT2D eigenvalue weighted by atomic mass is 9.95. The second-order valence-corrected chi connectivity index (χ2v) is 13.2. The molecule has 0 saturated carbocycles. The highest BCUT2D eigenvalue weighted by molar-refractivity contribution is 7.26. The van der Waals surface area contributed by atoms with Crippen molar-refractivity contribution in [2.75, 3.05) is 0 Å². The molecule has 0 fully saturated rings. The van der Waals surface area contributed by atoms with Crippen molar-refractivity contribution in [3.8, 4) is 22.6 Å². The lowest BCUT2D eigenvalue weighted by Gasteiger charge is -2.12. The van der Waals surface area contributed by atoms with Gasteiger partial charge in [-0.15, -0.1) is 11.3 Å². The number of rotatable bonds is 2. The van der Waals surface area contributed by atoms with Gasteiger partial charge in [-0.2, -0.15) is 0 Å². The fraction of sp³-hybridized carbons (Fsp3) is 0. The van der Waals surface area contributed by atoms with Crippen molar-refractivity contribution in [2.45, 2.75) is 0 Å². The van der Waals surface area contributed by atoms with Crippen molar-refractivity contribution < 1.29 is 0 Å². The number of benzene rings is 7. The maximum atomic E-state index is 5.31. The Morgan fingerprint density at radius 2 is 1.13 bits per heavy atom. The van der Waals surface area contributed by atoms with Crippen LogP contribution in [-0.2, 0) is 0 Å². The van der Waals surface area contributed by atoms with Gasteiger partial charge in [-0.25, -0.2) is 9.97 Å². The summed E-state index contributed by atoms with van der Waals surface area (Å²) < 4.78 is 5.16. The standard InChI is InChI=1S/C42H23N3S/c1-2-11-24(12-3-1)40-28-13-4-6-18-32(28)43-42(44-40)27-17-8-15-25-30(27)23-31-26-16-9-21-35-38(26)39-34(20-10-22-36(39)46-35)45-33-19-7-5-14-29(33)37(25)41(31)45/h1-23H. The Bertz CT molecular complexity index is 3020. The summed E-state index contributed by atoms with van der Waals surface area (Å²) in [7, 11) is 0. The van der Waals surface area contributed by atoms with E-state index >= 15 is 0 Å². The SMILES string of the molecule is c1ccc(-c2nc(-c3cccc4c3cc3c5cccc6sc7cccc(c7c65)n5c6ccccc6c4c35)nc3ccccc23)cc1. The molecule has 11 rings (SSSR count). The van der Waals surface area contributed by atoms with Gasteiger partial charge in [-0.1, -0.05) is 103 Å². The topological polar surface area (TPSA) is 30.2 Å². The second kappa shape index (κ2) is 8.87. The van der Waals surface area contributed by atoms with Gasteiger partial charge in [0.2, 0.25) is 0 Å². The summed E-state index contributed by atoms with van der Waals surface area (Å²) in [6.45, 7) is 0. The first-order valence-electron chi connectivity index (χ1n) is 15.6. The highest BCUT2D eigenvalue weighted by Gasteiger charge is 2.22. The summed E-state index contributed by atoms with van der Waals surface area (Å²) in [5.74, 6) is 0.742. The molecule has 0 N–H and O–H groups in total. The first-order chi connectivity index (χ1) is 22.8. The van der Waals surface area contributed by atoms with Gasteiger partial charge in [0, 0.05) is 52.8 Å². The number of para-hydroxylation sites is 2. The van der Waals surface area contributed by atoms with Gasteiger partial charge in [-0.05, 0) is 52.6 Å². The van der Waals surface area contributed by atoms with Crippen LogP contribution in [0, 0.1) is 0 Å². The molecule has 0 radical (unpaired) electrons. The summed E-state index contributed by atoms with van der Waals surface area (Å²) in [6.07, 6.45) is 0. The molecule has 0 aliphatic rings. The summed E-state index contributed by atoms with van der Waals surface area (Å²) >= 11 is 1.88. The molecule has 0 saturated heterocycles. The molecule has 11 aromatic rings. The lowest BCUT2D eigenvalue weighted by molar-refractivity contribution is 1.23. The van der Waals surface area contributed by atoms with Gasteiger partial charge in [-0.3, -0.25) is 0 Å². The maximum Gasteiger partial charge on any atom is 0.161 e. The minimum absolute atomic E-state index is 0.742. The number of hydrogen-bond donors (Lipinski definition) is 0. The highest BCUT2D eigenvalue weighted by atomic mass is 32.1. The first-order valence-corrected chi connectivity index (χ1v) is 16.4. The molecule has 0 aliphatic carbocycles. The molecular formula is C42H23N3S. The molecule has 7 aromatic carbocycles. The van der Waals surface area contributed by atoms with E-state index < -0.39 is 0 Å². The molecule has 46 heavy (non-hydrogen) atoms. The van der Waals surface area contributed by atoms with Crippen LogP contribution in [-0.4, -0.2) is 14.4 Å². The smallest absolute Gasteiger partial charge is 0.161 e. The predicted octanol–water partition coefficient (Wildman–Crippen LogP) is 11.6. The Morgan fingerprint density at radius 3 is 2.02 bits per heavy atom. The molecule has 0 amide bonds. The predicted molar refractivity (Wildman–Crippen MR) is 195 cm³/mol. The van der Waals surface area contributed by atoms with E-state index in [1.165, 1.54) is 63.7 Å². The molecule has 0 spiro atoms. The molecular weight excluding hydrogens is 579 g/mol. The van der Waals surface area contributed by atoms with Crippen LogP contribution in [0.3, 0.4) is 0 Å². The zero-order chi connectivity index (χ0) is 29.9. The van der Waals surface area contributed by atoms with Crippen molar-refractivity contribution in [3.05, 3.63) is 140 Å². The fourth-order valence-corrected chi connectivity index (χ4v) is 8.99. The monoisotopic (exact) mass is 601 g/mol. The van der Waals surface area contributed by atoms with Gasteiger partial charge >= 0.3 is 0 Å². The number of hydrogen-bond acceptors (Lipinski definition) is 3. The largest absolute Gasteiger partial charge is 0.308 e. The van der Waals surface area contributed by atoms with Crippen LogP contribution in [0.4, 0.5) is 0 Å². The Balaban J connectivity index is 1.38. The van der Waals surface area contributed by atoms with Crippen molar-refractivity contribution in [2.24, 2.45) is 0 Å². The summed E-state index contributed by atoms with van der Waals surface area (Å²) in [6, 6.07) is 50.3. The van der Waals surface area contributed by atoms with Crippen LogP contribution in [0.15, 0.2) is 140 Å². The average Bonchev–Trinajstić information content (AvgIpc) is 3.64. The third-order valence-electron chi connectivity index (χ3n) is 9.72. The van der Waals surface area contributed by atoms with Gasteiger partial charge < -0.3 is 4.40 Å². The number of fused-ring (bicyclic) bond motifs is 8. The zero-order valence-electron chi connectivity index (χ0n) is 24.5. The van der Waals surface area contributed by atoms with E-state index in [4.69, 9.17) is 9.97 Å². The average molecular weight is 602 g/mol. The van der Waals surface area contributed by atoms with Gasteiger partial charge in [0.25, 0.3) is 0 Å². The number of aromatic nitrogens is 3. The fourth-order valence-electron chi connectivity index (χ4n) is 7.84. The van der Waals surface area contributed by atoms with Crippen molar-refractivity contribution in [3.63, 3.8) is 0 Å². The molecule has 4 aromatic heterocycles. The Kier molecular flexibility index (Phi) is 4.72. The van der Waals surface area contributed by atoms with E-state index in [1.54, 1.807) is 0 Å².